The van der Waals surface area contributed by atoms with E-state index in [1.807, 2.05) is 6.92 Å². The molecule has 13 heteroatoms. The van der Waals surface area contributed by atoms with Crippen LogP contribution in [0.3, 0.4) is 0 Å². The zero-order chi connectivity index (χ0) is 21.9. The van der Waals surface area contributed by atoms with Gasteiger partial charge in [-0.1, -0.05) is 13.3 Å². The van der Waals surface area contributed by atoms with Crippen LogP contribution in [0, 0.1) is 5.92 Å². The molecule has 0 radical (unpaired) electrons. The standard InChI is InChI=1S/C17H26N3O9P/c1-3-4-7-26-16(23)10(2)19-30(25)27-8-11-12(9-28-30)29-15(14(11)22)20-6-5-13(21)18-17(20)24/h5-6,10-12,14-15,22H,3-4,7-9H2,1-2H3,(H,19,25)(H,18,21,24)/t10-,11+,12+,14+,15+,30-/m0/s1. The van der Waals surface area contributed by atoms with E-state index < -0.39 is 55.4 Å². The lowest BCUT2D eigenvalue weighted by Crippen LogP contribution is -2.37. The summed E-state index contributed by atoms with van der Waals surface area (Å²) in [6.45, 7) is 3.33. The second-order valence-electron chi connectivity index (χ2n) is 7.20. The average molecular weight is 447 g/mol. The number of H-pyrrole nitrogens is 1. The second-order valence-corrected chi connectivity index (χ2v) is 8.97. The van der Waals surface area contributed by atoms with E-state index in [4.69, 9.17) is 18.5 Å². The van der Waals surface area contributed by atoms with Crippen LogP contribution in [0.4, 0.5) is 0 Å². The van der Waals surface area contributed by atoms with Gasteiger partial charge in [0.25, 0.3) is 5.56 Å². The Hall–Kier alpha value is -1.82. The number of aliphatic hydroxyl groups excluding tert-OH is 1. The number of rotatable bonds is 7. The van der Waals surface area contributed by atoms with Crippen molar-refractivity contribution in [2.24, 2.45) is 5.92 Å². The van der Waals surface area contributed by atoms with Gasteiger partial charge in [0.1, 0.15) is 12.1 Å². The zero-order valence-corrected chi connectivity index (χ0v) is 17.6. The minimum Gasteiger partial charge on any atom is -0.465 e. The number of aliphatic hydroxyl groups is 1. The summed E-state index contributed by atoms with van der Waals surface area (Å²) in [5.74, 6) is -1.22. The van der Waals surface area contributed by atoms with Crippen molar-refractivity contribution < 1.29 is 33.0 Å². The molecule has 0 amide bonds. The number of unbranched alkanes of at least 4 members (excludes halogenated alkanes) is 1. The molecule has 0 unspecified atom stereocenters. The van der Waals surface area contributed by atoms with Gasteiger partial charge in [-0.25, -0.2) is 14.4 Å². The lowest BCUT2D eigenvalue weighted by atomic mass is 9.99. The molecule has 2 aliphatic heterocycles. The van der Waals surface area contributed by atoms with Crippen LogP contribution >= 0.6 is 7.75 Å². The number of aromatic amines is 1. The lowest BCUT2D eigenvalue weighted by molar-refractivity contribution is -0.145. The van der Waals surface area contributed by atoms with Crippen LogP contribution in [-0.4, -0.2) is 58.7 Å². The van der Waals surface area contributed by atoms with E-state index in [0.717, 1.165) is 23.5 Å². The van der Waals surface area contributed by atoms with Crippen molar-refractivity contribution >= 4 is 13.7 Å². The molecule has 1 aromatic heterocycles. The molecule has 3 rings (SSSR count). The summed E-state index contributed by atoms with van der Waals surface area (Å²) in [5, 5.41) is 13.1. The van der Waals surface area contributed by atoms with Crippen LogP contribution in [0.25, 0.3) is 0 Å². The molecule has 2 aliphatic rings. The summed E-state index contributed by atoms with van der Waals surface area (Å²) in [4.78, 5) is 37.3. The first-order valence-corrected chi connectivity index (χ1v) is 11.3. The number of carbonyl (C=O) groups excluding carboxylic acids is 1. The third kappa shape index (κ3) is 5.08. The first-order chi connectivity index (χ1) is 14.2. The van der Waals surface area contributed by atoms with E-state index in [9.17, 15) is 24.1 Å². The largest absolute Gasteiger partial charge is 0.465 e. The van der Waals surface area contributed by atoms with Gasteiger partial charge in [-0.3, -0.25) is 28.2 Å². The van der Waals surface area contributed by atoms with Gasteiger partial charge >= 0.3 is 19.4 Å². The van der Waals surface area contributed by atoms with Crippen LogP contribution in [0.5, 0.6) is 0 Å². The van der Waals surface area contributed by atoms with E-state index in [0.29, 0.717) is 0 Å². The first-order valence-electron chi connectivity index (χ1n) is 9.72. The molecule has 2 fully saturated rings. The molecule has 0 saturated carbocycles. The third-order valence-electron chi connectivity index (χ3n) is 4.94. The third-order valence-corrected chi connectivity index (χ3v) is 6.62. The zero-order valence-electron chi connectivity index (χ0n) is 16.7. The fourth-order valence-electron chi connectivity index (χ4n) is 3.22. The summed E-state index contributed by atoms with van der Waals surface area (Å²) in [6.07, 6.45) is -0.133. The van der Waals surface area contributed by atoms with Crippen LogP contribution in [0.2, 0.25) is 0 Å². The number of carbonyl (C=O) groups is 1. The number of hydrogen-bond acceptors (Lipinski definition) is 9. The van der Waals surface area contributed by atoms with Crippen LogP contribution in [0.1, 0.15) is 32.9 Å². The maximum atomic E-state index is 12.9. The number of esters is 1. The van der Waals surface area contributed by atoms with Crippen LogP contribution in [0.15, 0.2) is 21.9 Å². The van der Waals surface area contributed by atoms with Gasteiger partial charge in [-0.15, -0.1) is 0 Å². The summed E-state index contributed by atoms with van der Waals surface area (Å²) in [5.41, 5.74) is -1.30. The Labute approximate surface area is 172 Å². The number of aromatic nitrogens is 2. The lowest BCUT2D eigenvalue weighted by Gasteiger charge is -2.22. The molecule has 168 valence electrons. The van der Waals surface area contributed by atoms with Gasteiger partial charge in [-0.05, 0) is 13.3 Å². The molecule has 0 aromatic carbocycles. The highest BCUT2D eigenvalue weighted by Gasteiger charge is 2.49. The SMILES string of the molecule is CCCCOC(=O)[C@H](C)N[P@]1(=O)OC[C@H]2[C@@H](O)[C@H](n3ccc(=O)[nH]c3=O)O[C@@H]2CO1. The van der Waals surface area contributed by atoms with Crippen LogP contribution < -0.4 is 16.3 Å². The highest BCUT2D eigenvalue weighted by Crippen LogP contribution is 2.50. The van der Waals surface area contributed by atoms with Crippen molar-refractivity contribution in [1.82, 2.24) is 14.6 Å². The maximum Gasteiger partial charge on any atom is 0.406 e. The number of nitrogens with zero attached hydrogens (tertiary/aromatic N) is 1. The Balaban J connectivity index is 1.63. The quantitative estimate of drug-likeness (QED) is 0.292. The minimum atomic E-state index is -3.85. The fraction of sp³-hybridized carbons (Fsp3) is 0.706. The summed E-state index contributed by atoms with van der Waals surface area (Å²) < 4.78 is 35.5. The van der Waals surface area contributed by atoms with Crippen molar-refractivity contribution in [3.8, 4) is 0 Å². The Kier molecular flexibility index (Phi) is 7.27. The van der Waals surface area contributed by atoms with Crippen molar-refractivity contribution in [3.05, 3.63) is 33.1 Å². The molecule has 0 bridgehead atoms. The van der Waals surface area contributed by atoms with E-state index in [2.05, 4.69) is 10.1 Å². The topological polar surface area (TPSA) is 158 Å². The number of ether oxygens (including phenoxy) is 2. The molecular formula is C17H26N3O9P. The molecule has 3 heterocycles. The molecule has 1 aromatic rings. The molecule has 0 aliphatic carbocycles. The van der Waals surface area contributed by atoms with E-state index in [1.54, 1.807) is 0 Å². The summed E-state index contributed by atoms with van der Waals surface area (Å²) in [7, 11) is -3.85. The van der Waals surface area contributed by atoms with Crippen LogP contribution in [-0.2, 0) is 27.9 Å². The van der Waals surface area contributed by atoms with Gasteiger partial charge in [0, 0.05) is 18.2 Å². The van der Waals surface area contributed by atoms with Crippen molar-refractivity contribution in [1.29, 1.82) is 0 Å². The number of nitrogens with one attached hydrogen (secondary N) is 2. The summed E-state index contributed by atoms with van der Waals surface area (Å²) in [6, 6.07) is 0.210. The van der Waals surface area contributed by atoms with E-state index in [-0.39, 0.29) is 19.8 Å². The molecule has 6 atom stereocenters. The van der Waals surface area contributed by atoms with Gasteiger partial charge in [0.2, 0.25) is 0 Å². The molecular weight excluding hydrogens is 421 g/mol. The molecule has 30 heavy (non-hydrogen) atoms. The van der Waals surface area contributed by atoms with Gasteiger partial charge in [0.05, 0.1) is 25.9 Å². The smallest absolute Gasteiger partial charge is 0.406 e. The van der Waals surface area contributed by atoms with Crippen molar-refractivity contribution in [3.63, 3.8) is 0 Å². The molecule has 3 N–H and O–H groups in total. The maximum absolute atomic E-state index is 12.9. The molecule has 12 nitrogen and oxygen atoms in total. The van der Waals surface area contributed by atoms with E-state index >= 15 is 0 Å². The summed E-state index contributed by atoms with van der Waals surface area (Å²) >= 11 is 0. The second kappa shape index (κ2) is 9.54. The Morgan fingerprint density at radius 2 is 2.17 bits per heavy atom. The van der Waals surface area contributed by atoms with Crippen molar-refractivity contribution in [2.45, 2.75) is 51.2 Å². The predicted octanol–water partition coefficient (Wildman–Crippen LogP) is -0.113. The Morgan fingerprint density at radius 1 is 1.43 bits per heavy atom. The number of fused-ring (bicyclic) bond motifs is 1. The van der Waals surface area contributed by atoms with E-state index in [1.165, 1.54) is 13.1 Å². The molecule has 2 saturated heterocycles. The monoisotopic (exact) mass is 447 g/mol. The predicted molar refractivity (Wildman–Crippen MR) is 103 cm³/mol. The first kappa shape index (κ1) is 22.9. The van der Waals surface area contributed by atoms with Gasteiger partial charge < -0.3 is 14.6 Å². The number of hydrogen-bond donors (Lipinski definition) is 3. The fourth-order valence-corrected chi connectivity index (χ4v) is 4.73. The normalized spacial score (nSPS) is 32.2. The average Bonchev–Trinajstić information content (AvgIpc) is 2.90. The van der Waals surface area contributed by atoms with Crippen molar-refractivity contribution in [2.75, 3.05) is 19.8 Å². The molecule has 0 spiro atoms. The highest BCUT2D eigenvalue weighted by atomic mass is 31.2. The highest BCUT2D eigenvalue weighted by molar-refractivity contribution is 7.51. The Morgan fingerprint density at radius 3 is 2.87 bits per heavy atom. The van der Waals surface area contributed by atoms with Gasteiger partial charge in [-0.2, -0.15) is 0 Å². The minimum absolute atomic E-state index is 0.192. The Bertz CT molecular complexity index is 916. The van der Waals surface area contributed by atoms with Gasteiger partial charge in [0.15, 0.2) is 6.23 Å².